The number of carbonyl (C=O) groups excluding carboxylic acids is 2. The molecule has 0 saturated heterocycles. The predicted octanol–water partition coefficient (Wildman–Crippen LogP) is 4.81. The van der Waals surface area contributed by atoms with Gasteiger partial charge in [-0.1, -0.05) is 35.0 Å². The number of carbonyl (C=O) groups is 2. The average Bonchev–Trinajstić information content (AvgIpc) is 2.98. The molecule has 2 aromatic rings. The van der Waals surface area contributed by atoms with E-state index in [9.17, 15) is 9.59 Å². The lowest BCUT2D eigenvalue weighted by atomic mass is 10.1. The molecule has 3 rings (SSSR count). The highest BCUT2D eigenvalue weighted by molar-refractivity contribution is 9.10. The average molecular weight is 428 g/mol. The summed E-state index contributed by atoms with van der Waals surface area (Å²) in [5.41, 5.74) is 2.64. The molecular formula is C21H18BrNO4. The van der Waals surface area contributed by atoms with E-state index < -0.39 is 5.97 Å². The fraction of sp³-hybridized carbons (Fsp3) is 0.190. The van der Waals surface area contributed by atoms with Gasteiger partial charge in [0.05, 0.1) is 0 Å². The van der Waals surface area contributed by atoms with Crippen LogP contribution in [0.1, 0.15) is 36.5 Å². The van der Waals surface area contributed by atoms with E-state index in [-0.39, 0.29) is 17.6 Å². The van der Waals surface area contributed by atoms with E-state index in [1.54, 1.807) is 30.3 Å². The first-order chi connectivity index (χ1) is 13.0. The number of aliphatic imine (C=N–C) groups is 1. The molecule has 27 heavy (non-hydrogen) atoms. The van der Waals surface area contributed by atoms with E-state index in [0.717, 1.165) is 22.0 Å². The Hall–Kier alpha value is -2.73. The van der Waals surface area contributed by atoms with Gasteiger partial charge in [-0.2, -0.15) is 0 Å². The molecule has 0 bridgehead atoms. The summed E-state index contributed by atoms with van der Waals surface area (Å²) in [6.07, 6.45) is 2.69. The summed E-state index contributed by atoms with van der Waals surface area (Å²) < 4.78 is 11.5. The number of hydrogen-bond acceptors (Lipinski definition) is 5. The Labute approximate surface area is 165 Å². The van der Waals surface area contributed by atoms with E-state index in [1.165, 1.54) is 0 Å². The second kappa shape index (κ2) is 8.31. The largest absolute Gasteiger partial charge is 0.427 e. The summed E-state index contributed by atoms with van der Waals surface area (Å²) >= 11 is 3.44. The zero-order valence-electron chi connectivity index (χ0n) is 15.0. The molecule has 0 saturated carbocycles. The third-order valence-corrected chi connectivity index (χ3v) is 4.76. The molecule has 5 nitrogen and oxygen atoms in total. The molecule has 0 unspecified atom stereocenters. The lowest BCUT2D eigenvalue weighted by Crippen LogP contribution is -2.06. The molecule has 6 heteroatoms. The SMILES string of the molecule is CCCC(=O)Oc1cccc(/C=C2\N=C(c3ccc(Br)c(C)c3)OC2=O)c1. The Bertz CT molecular complexity index is 962. The Morgan fingerprint density at radius 3 is 2.81 bits per heavy atom. The standard InChI is InChI=1S/C21H18BrNO4/c1-3-5-19(24)26-16-7-4-6-14(11-16)12-18-21(25)27-20(23-18)15-8-9-17(22)13(2)10-15/h4,6-12H,3,5H2,1-2H3/b18-12-. The van der Waals surface area contributed by atoms with Crippen molar-refractivity contribution in [2.75, 3.05) is 0 Å². The maximum Gasteiger partial charge on any atom is 0.363 e. The third kappa shape index (κ3) is 4.71. The molecule has 0 atom stereocenters. The van der Waals surface area contributed by atoms with E-state index in [0.29, 0.717) is 17.7 Å². The second-order valence-corrected chi connectivity index (χ2v) is 6.95. The summed E-state index contributed by atoms with van der Waals surface area (Å²) in [7, 11) is 0. The zero-order valence-corrected chi connectivity index (χ0v) is 16.6. The van der Waals surface area contributed by atoms with Crippen molar-refractivity contribution in [2.24, 2.45) is 4.99 Å². The van der Waals surface area contributed by atoms with Gasteiger partial charge in [-0.15, -0.1) is 0 Å². The van der Waals surface area contributed by atoms with Gasteiger partial charge in [0.2, 0.25) is 5.90 Å². The van der Waals surface area contributed by atoms with Crippen LogP contribution in [0.4, 0.5) is 0 Å². The number of nitrogens with zero attached hydrogens (tertiary/aromatic N) is 1. The first kappa shape index (κ1) is 19.0. The van der Waals surface area contributed by atoms with Gasteiger partial charge >= 0.3 is 11.9 Å². The molecule has 0 aliphatic carbocycles. The third-order valence-electron chi connectivity index (χ3n) is 3.87. The molecule has 0 radical (unpaired) electrons. The van der Waals surface area contributed by atoms with E-state index in [1.807, 2.05) is 32.0 Å². The van der Waals surface area contributed by atoms with Crippen molar-refractivity contribution < 1.29 is 19.1 Å². The van der Waals surface area contributed by atoms with Crippen LogP contribution in [-0.4, -0.2) is 17.8 Å². The van der Waals surface area contributed by atoms with Crippen LogP contribution in [0.15, 0.2) is 57.6 Å². The number of ether oxygens (including phenoxy) is 2. The van der Waals surface area contributed by atoms with Gasteiger partial charge in [0.25, 0.3) is 0 Å². The summed E-state index contributed by atoms with van der Waals surface area (Å²) in [5, 5.41) is 0. The molecule has 0 amide bonds. The van der Waals surface area contributed by atoms with Crippen LogP contribution in [0.5, 0.6) is 5.75 Å². The second-order valence-electron chi connectivity index (χ2n) is 6.10. The van der Waals surface area contributed by atoms with E-state index >= 15 is 0 Å². The quantitative estimate of drug-likeness (QED) is 0.390. The van der Waals surface area contributed by atoms with E-state index in [2.05, 4.69) is 20.9 Å². The van der Waals surface area contributed by atoms with Crippen LogP contribution in [0.3, 0.4) is 0 Å². The van der Waals surface area contributed by atoms with E-state index in [4.69, 9.17) is 9.47 Å². The molecular weight excluding hydrogens is 410 g/mol. The van der Waals surface area contributed by atoms with Crippen molar-refractivity contribution in [1.29, 1.82) is 0 Å². The highest BCUT2D eigenvalue weighted by atomic mass is 79.9. The summed E-state index contributed by atoms with van der Waals surface area (Å²) in [6.45, 7) is 3.86. The van der Waals surface area contributed by atoms with Gasteiger partial charge in [0, 0.05) is 16.5 Å². The normalized spacial score (nSPS) is 14.9. The van der Waals surface area contributed by atoms with Gasteiger partial charge < -0.3 is 9.47 Å². The molecule has 0 fully saturated rings. The van der Waals surface area contributed by atoms with Gasteiger partial charge in [-0.05, 0) is 60.9 Å². The summed E-state index contributed by atoms with van der Waals surface area (Å²) in [4.78, 5) is 28.1. The van der Waals surface area contributed by atoms with Crippen LogP contribution < -0.4 is 4.74 Å². The minimum absolute atomic E-state index is 0.197. The first-order valence-corrected chi connectivity index (χ1v) is 9.35. The molecule has 1 heterocycles. The minimum Gasteiger partial charge on any atom is -0.427 e. The van der Waals surface area contributed by atoms with Gasteiger partial charge in [0.1, 0.15) is 5.75 Å². The molecule has 2 aromatic carbocycles. The number of hydrogen-bond donors (Lipinski definition) is 0. The lowest BCUT2D eigenvalue weighted by Gasteiger charge is -2.04. The van der Waals surface area contributed by atoms with Crippen molar-refractivity contribution in [3.63, 3.8) is 0 Å². The Balaban J connectivity index is 1.84. The molecule has 1 aliphatic heterocycles. The Morgan fingerprint density at radius 2 is 2.07 bits per heavy atom. The first-order valence-electron chi connectivity index (χ1n) is 8.56. The number of halogens is 1. The molecule has 1 aliphatic rings. The molecule has 0 spiro atoms. The van der Waals surface area contributed by atoms with Crippen molar-refractivity contribution in [3.8, 4) is 5.75 Å². The number of rotatable bonds is 5. The maximum absolute atomic E-state index is 12.2. The fourth-order valence-electron chi connectivity index (χ4n) is 2.52. The molecule has 138 valence electrons. The van der Waals surface area contributed by atoms with Gasteiger partial charge in [0.15, 0.2) is 5.70 Å². The number of benzene rings is 2. The lowest BCUT2D eigenvalue weighted by molar-refractivity contribution is -0.134. The number of aryl methyl sites for hydroxylation is 1. The van der Waals surface area contributed by atoms with Crippen molar-refractivity contribution in [3.05, 3.63) is 69.3 Å². The van der Waals surface area contributed by atoms with Gasteiger partial charge in [-0.3, -0.25) is 4.79 Å². The van der Waals surface area contributed by atoms with Crippen LogP contribution in [0.2, 0.25) is 0 Å². The van der Waals surface area contributed by atoms with Crippen LogP contribution >= 0.6 is 15.9 Å². The predicted molar refractivity (Wildman–Crippen MR) is 106 cm³/mol. The van der Waals surface area contributed by atoms with Gasteiger partial charge in [-0.25, -0.2) is 9.79 Å². The Morgan fingerprint density at radius 1 is 1.26 bits per heavy atom. The number of esters is 2. The fourth-order valence-corrected chi connectivity index (χ4v) is 2.77. The maximum atomic E-state index is 12.2. The minimum atomic E-state index is -0.515. The van der Waals surface area contributed by atoms with Crippen LogP contribution in [0, 0.1) is 6.92 Å². The molecule has 0 N–H and O–H groups in total. The van der Waals surface area contributed by atoms with Crippen molar-refractivity contribution >= 4 is 39.8 Å². The van der Waals surface area contributed by atoms with Crippen molar-refractivity contribution in [2.45, 2.75) is 26.7 Å². The topological polar surface area (TPSA) is 65.0 Å². The molecule has 0 aromatic heterocycles. The number of cyclic esters (lactones) is 1. The monoisotopic (exact) mass is 427 g/mol. The Kier molecular flexibility index (Phi) is 5.86. The van der Waals surface area contributed by atoms with Crippen molar-refractivity contribution in [1.82, 2.24) is 0 Å². The highest BCUT2D eigenvalue weighted by Gasteiger charge is 2.24. The van der Waals surface area contributed by atoms with Crippen LogP contribution in [0.25, 0.3) is 6.08 Å². The summed E-state index contributed by atoms with van der Waals surface area (Å²) in [5.74, 6) is -0.0956. The summed E-state index contributed by atoms with van der Waals surface area (Å²) in [6, 6.07) is 12.6. The smallest absolute Gasteiger partial charge is 0.363 e. The highest BCUT2D eigenvalue weighted by Crippen LogP contribution is 2.24. The van der Waals surface area contributed by atoms with Crippen LogP contribution in [-0.2, 0) is 14.3 Å². The zero-order chi connectivity index (χ0) is 19.4.